The molecule has 4 rings (SSSR count). The highest BCUT2D eigenvalue weighted by atomic mass is 16.3. The molecular weight excluding hydrogens is 362 g/mol. The van der Waals surface area contributed by atoms with E-state index in [1.54, 1.807) is 6.07 Å². The molecule has 1 aliphatic carbocycles. The molecule has 0 unspecified atom stereocenters. The Bertz CT molecular complexity index is 807. The normalized spacial score (nSPS) is 30.4. The highest BCUT2D eigenvalue weighted by Crippen LogP contribution is 2.52. The van der Waals surface area contributed by atoms with Gasteiger partial charge in [-0.25, -0.2) is 0 Å². The third kappa shape index (κ3) is 4.41. The average molecular weight is 402 g/mol. The fourth-order valence-corrected chi connectivity index (χ4v) is 6.60. The number of pyridine rings is 1. The lowest BCUT2D eigenvalue weighted by molar-refractivity contribution is 0.126. The number of likely N-dealkylation sites (tertiary alicyclic amines) is 2. The molecule has 1 N–H and O–H groups in total. The molecule has 3 aliphatic rings. The van der Waals surface area contributed by atoms with Gasteiger partial charge in [-0.2, -0.15) is 0 Å². The zero-order valence-corrected chi connectivity index (χ0v) is 18.8. The summed E-state index contributed by atoms with van der Waals surface area (Å²) in [6, 6.07) is 2.20. The Balaban J connectivity index is 1.57. The quantitative estimate of drug-likeness (QED) is 0.832. The Kier molecular flexibility index (Phi) is 5.58. The van der Waals surface area contributed by atoms with E-state index < -0.39 is 0 Å². The summed E-state index contributed by atoms with van der Waals surface area (Å²) in [5, 5.41) is 10.6. The Morgan fingerprint density at radius 2 is 1.76 bits per heavy atom. The van der Waals surface area contributed by atoms with Gasteiger partial charge in [0.05, 0.1) is 5.69 Å². The summed E-state index contributed by atoms with van der Waals surface area (Å²) in [7, 11) is 2.02. The highest BCUT2D eigenvalue weighted by Gasteiger charge is 2.49. The van der Waals surface area contributed by atoms with Crippen LogP contribution in [0.25, 0.3) is 0 Å². The predicted molar refractivity (Wildman–Crippen MR) is 117 cm³/mol. The topological polar surface area (TPSA) is 48.7 Å². The van der Waals surface area contributed by atoms with Crippen molar-refractivity contribution in [2.45, 2.75) is 84.8 Å². The third-order valence-electron chi connectivity index (χ3n) is 7.60. The van der Waals surface area contributed by atoms with Crippen molar-refractivity contribution in [1.82, 2.24) is 14.4 Å². The van der Waals surface area contributed by atoms with Gasteiger partial charge in [0.15, 0.2) is 5.75 Å². The van der Waals surface area contributed by atoms with Gasteiger partial charge in [-0.05, 0) is 56.0 Å². The highest BCUT2D eigenvalue weighted by molar-refractivity contribution is 5.30. The zero-order valence-electron chi connectivity index (χ0n) is 18.8. The van der Waals surface area contributed by atoms with E-state index in [4.69, 9.17) is 0 Å². The molecule has 2 atom stereocenters. The first-order chi connectivity index (χ1) is 13.7. The van der Waals surface area contributed by atoms with Crippen LogP contribution in [0.3, 0.4) is 0 Å². The van der Waals surface area contributed by atoms with Crippen LogP contribution in [0.15, 0.2) is 10.9 Å². The molecule has 2 aliphatic heterocycles. The molecule has 3 heterocycles. The number of nitrogens with zero attached hydrogens (tertiary/aromatic N) is 3. The van der Waals surface area contributed by atoms with Crippen molar-refractivity contribution >= 4 is 0 Å². The Morgan fingerprint density at radius 3 is 2.45 bits per heavy atom. The van der Waals surface area contributed by atoms with Crippen LogP contribution in [0.1, 0.15) is 77.1 Å². The monoisotopic (exact) mass is 401 g/mol. The first kappa shape index (κ1) is 20.9. The minimum atomic E-state index is -0.225. The Labute approximate surface area is 175 Å². The van der Waals surface area contributed by atoms with E-state index >= 15 is 0 Å². The molecule has 5 nitrogen and oxygen atoms in total. The van der Waals surface area contributed by atoms with Gasteiger partial charge in [-0.15, -0.1) is 0 Å². The van der Waals surface area contributed by atoms with Gasteiger partial charge in [-0.3, -0.25) is 14.6 Å². The first-order valence-electron chi connectivity index (χ1n) is 11.5. The lowest BCUT2D eigenvalue weighted by Gasteiger charge is -2.40. The number of hydrogen-bond acceptors (Lipinski definition) is 4. The van der Waals surface area contributed by atoms with E-state index in [-0.39, 0.29) is 11.2 Å². The summed E-state index contributed by atoms with van der Waals surface area (Å²) in [6.07, 6.45) is 8.78. The van der Waals surface area contributed by atoms with Crippen molar-refractivity contribution < 1.29 is 5.11 Å². The van der Waals surface area contributed by atoms with E-state index in [1.165, 1.54) is 44.9 Å². The minimum absolute atomic E-state index is 0.0574. The second-order valence-corrected chi connectivity index (χ2v) is 11.2. The van der Waals surface area contributed by atoms with Crippen LogP contribution in [-0.2, 0) is 20.1 Å². The molecule has 3 fully saturated rings. The van der Waals surface area contributed by atoms with Crippen LogP contribution < -0.4 is 5.43 Å². The van der Waals surface area contributed by atoms with Crippen molar-refractivity contribution in [2.75, 3.05) is 19.6 Å². The maximum Gasteiger partial charge on any atom is 0.223 e. The summed E-state index contributed by atoms with van der Waals surface area (Å²) < 4.78 is 2.09. The predicted octanol–water partition coefficient (Wildman–Crippen LogP) is 3.87. The second-order valence-electron chi connectivity index (χ2n) is 11.2. The molecular formula is C24H39N3O2. The lowest BCUT2D eigenvalue weighted by Crippen LogP contribution is -2.35. The SMILES string of the molecule is Cn1c(CN2CCCCCC2)cc(=O)c(O)c1CN1C[C@]2(C)C[C@H]1CC(C)(C)C2. The number of aromatic hydroxyl groups is 1. The minimum Gasteiger partial charge on any atom is -0.503 e. The van der Waals surface area contributed by atoms with Crippen LogP contribution in [0.2, 0.25) is 0 Å². The zero-order chi connectivity index (χ0) is 20.8. The fourth-order valence-electron chi connectivity index (χ4n) is 6.60. The van der Waals surface area contributed by atoms with E-state index in [1.807, 2.05) is 7.05 Å². The van der Waals surface area contributed by atoms with Crippen molar-refractivity contribution in [1.29, 1.82) is 0 Å². The third-order valence-corrected chi connectivity index (χ3v) is 7.60. The van der Waals surface area contributed by atoms with Crippen molar-refractivity contribution in [3.05, 3.63) is 27.7 Å². The second kappa shape index (κ2) is 7.73. The van der Waals surface area contributed by atoms with Crippen LogP contribution in [0.4, 0.5) is 0 Å². The molecule has 1 aromatic heterocycles. The molecule has 0 spiro atoms. The molecule has 29 heavy (non-hydrogen) atoms. The molecule has 0 amide bonds. The van der Waals surface area contributed by atoms with Gasteiger partial charge < -0.3 is 9.67 Å². The van der Waals surface area contributed by atoms with Gasteiger partial charge in [0.2, 0.25) is 5.43 Å². The molecule has 2 bridgehead atoms. The average Bonchev–Trinajstić information content (AvgIpc) is 2.79. The number of hydrogen-bond donors (Lipinski definition) is 1. The summed E-state index contributed by atoms with van der Waals surface area (Å²) in [4.78, 5) is 17.6. The lowest BCUT2D eigenvalue weighted by atomic mass is 9.65. The van der Waals surface area contributed by atoms with Gasteiger partial charge in [0, 0.05) is 44.5 Å². The fraction of sp³-hybridized carbons (Fsp3) is 0.792. The molecule has 162 valence electrons. The maximum absolute atomic E-state index is 12.6. The van der Waals surface area contributed by atoms with Crippen LogP contribution in [0.5, 0.6) is 5.75 Å². The van der Waals surface area contributed by atoms with E-state index in [0.29, 0.717) is 23.4 Å². The molecule has 0 aromatic carbocycles. The van der Waals surface area contributed by atoms with Gasteiger partial charge in [-0.1, -0.05) is 33.6 Å². The molecule has 1 saturated carbocycles. The van der Waals surface area contributed by atoms with Crippen LogP contribution in [0, 0.1) is 10.8 Å². The smallest absolute Gasteiger partial charge is 0.223 e. The maximum atomic E-state index is 12.6. The molecule has 1 aromatic rings. The van der Waals surface area contributed by atoms with Gasteiger partial charge >= 0.3 is 0 Å². The van der Waals surface area contributed by atoms with E-state index in [9.17, 15) is 9.90 Å². The number of fused-ring (bicyclic) bond motifs is 2. The number of rotatable bonds is 4. The molecule has 0 radical (unpaired) electrons. The van der Waals surface area contributed by atoms with Crippen LogP contribution >= 0.6 is 0 Å². The van der Waals surface area contributed by atoms with E-state index in [0.717, 1.165) is 37.6 Å². The van der Waals surface area contributed by atoms with Crippen molar-refractivity contribution in [3.63, 3.8) is 0 Å². The molecule has 2 saturated heterocycles. The summed E-state index contributed by atoms with van der Waals surface area (Å²) >= 11 is 0. The van der Waals surface area contributed by atoms with Crippen molar-refractivity contribution in [3.8, 4) is 5.75 Å². The van der Waals surface area contributed by atoms with Crippen LogP contribution in [-0.4, -0.2) is 45.1 Å². The summed E-state index contributed by atoms with van der Waals surface area (Å²) in [5.41, 5.74) is 2.31. The number of aromatic nitrogens is 1. The van der Waals surface area contributed by atoms with Crippen molar-refractivity contribution in [2.24, 2.45) is 17.9 Å². The van der Waals surface area contributed by atoms with Gasteiger partial charge in [0.1, 0.15) is 0 Å². The largest absolute Gasteiger partial charge is 0.503 e. The standard InChI is InChI=1S/C24H39N3O2/c1-23(2)12-19-13-24(3,16-23)17-27(19)15-20-22(29)21(28)11-18(25(20)4)14-26-9-7-5-6-8-10-26/h11,19,29H,5-10,12-17H2,1-4H3/t19-,24-/m1/s1. The summed E-state index contributed by atoms with van der Waals surface area (Å²) in [6.45, 7) is 11.9. The van der Waals surface area contributed by atoms with Gasteiger partial charge in [0.25, 0.3) is 0 Å². The Hall–Kier alpha value is -1.33. The summed E-state index contributed by atoms with van der Waals surface area (Å²) in [5.74, 6) is -0.0574. The van der Waals surface area contributed by atoms with E-state index in [2.05, 4.69) is 35.1 Å². The Morgan fingerprint density at radius 1 is 1.07 bits per heavy atom. The molecule has 5 heteroatoms. The first-order valence-corrected chi connectivity index (χ1v) is 11.5.